The first-order valence-electron chi connectivity index (χ1n) is 10.7. The van der Waals surface area contributed by atoms with Gasteiger partial charge in [-0.25, -0.2) is 14.4 Å². The second-order valence-electron chi connectivity index (χ2n) is 6.18. The van der Waals surface area contributed by atoms with Gasteiger partial charge in [-0.2, -0.15) is 0 Å². The highest BCUT2D eigenvalue weighted by molar-refractivity contribution is 5.62. The Morgan fingerprint density at radius 2 is 2.07 bits per heavy atom. The van der Waals surface area contributed by atoms with Gasteiger partial charge in [-0.3, -0.25) is 4.90 Å². The zero-order chi connectivity index (χ0) is 22.6. The largest absolute Gasteiger partial charge is 0.383 e. The third-order valence-electron chi connectivity index (χ3n) is 4.23. The molecule has 0 saturated heterocycles. The molecule has 1 unspecified atom stereocenters. The van der Waals surface area contributed by atoms with Crippen molar-refractivity contribution in [1.29, 1.82) is 0 Å². The SMILES string of the molecule is CC.CCN(C)C(C#Cc1cccc(CF)n1)CCCCNC1=CNCC=N1.CN. The second-order valence-corrected chi connectivity index (χ2v) is 6.18. The molecule has 1 aliphatic rings. The molecule has 0 fully saturated rings. The summed E-state index contributed by atoms with van der Waals surface area (Å²) in [5, 5.41) is 6.44. The van der Waals surface area contributed by atoms with Crippen LogP contribution in [0.5, 0.6) is 0 Å². The number of rotatable bonds is 9. The van der Waals surface area contributed by atoms with Gasteiger partial charge in [0.25, 0.3) is 0 Å². The van der Waals surface area contributed by atoms with Gasteiger partial charge in [0.2, 0.25) is 0 Å². The molecule has 0 bridgehead atoms. The zero-order valence-corrected chi connectivity index (χ0v) is 19.2. The summed E-state index contributed by atoms with van der Waals surface area (Å²) in [6, 6.07) is 5.47. The molecule has 7 heteroatoms. The number of unbranched alkanes of at least 4 members (excludes halogenated alkanes) is 1. The van der Waals surface area contributed by atoms with Crippen molar-refractivity contribution in [2.75, 3.05) is 33.7 Å². The van der Waals surface area contributed by atoms with Crippen molar-refractivity contribution in [2.45, 2.75) is 52.8 Å². The third-order valence-corrected chi connectivity index (χ3v) is 4.23. The van der Waals surface area contributed by atoms with Crippen LogP contribution in [-0.4, -0.2) is 55.9 Å². The van der Waals surface area contributed by atoms with Crippen molar-refractivity contribution in [3.05, 3.63) is 41.6 Å². The number of hydrogen-bond acceptors (Lipinski definition) is 6. The Labute approximate surface area is 182 Å². The number of hydrogen-bond donors (Lipinski definition) is 3. The van der Waals surface area contributed by atoms with Crippen molar-refractivity contribution in [1.82, 2.24) is 20.5 Å². The second kappa shape index (κ2) is 18.6. The van der Waals surface area contributed by atoms with Crippen LogP contribution in [0.25, 0.3) is 0 Å². The normalized spacial score (nSPS) is 12.7. The minimum Gasteiger partial charge on any atom is -0.383 e. The fraction of sp³-hybridized carbons (Fsp3) is 0.565. The molecular formula is C23H39FN6. The lowest BCUT2D eigenvalue weighted by Crippen LogP contribution is -2.30. The van der Waals surface area contributed by atoms with Crippen LogP contribution in [0.15, 0.2) is 35.2 Å². The average Bonchev–Trinajstić information content (AvgIpc) is 2.83. The highest BCUT2D eigenvalue weighted by Crippen LogP contribution is 2.08. The van der Waals surface area contributed by atoms with E-state index in [0.717, 1.165) is 44.7 Å². The van der Waals surface area contributed by atoms with E-state index >= 15 is 0 Å². The standard InChI is InChI=1S/C20H28FN5.C2H6.CH5N/c1-3-26(2)19(11-10-17-7-6-8-18(15-21)25-17)9-4-5-12-23-20-16-22-13-14-24-20;2*1-2/h6-8,14,16,19,22-23H,3-5,9,12-13,15H2,1-2H3;1-2H3;2H2,1H3. The fourth-order valence-corrected chi connectivity index (χ4v) is 2.57. The Balaban J connectivity index is 0.00000198. The number of aliphatic imine (C=N–C) groups is 1. The van der Waals surface area contributed by atoms with E-state index in [1.54, 1.807) is 12.1 Å². The number of pyridine rings is 1. The number of alkyl halides is 1. The number of halogens is 1. The van der Waals surface area contributed by atoms with Gasteiger partial charge in [-0.05, 0) is 58.0 Å². The topological polar surface area (TPSA) is 78.6 Å². The van der Waals surface area contributed by atoms with E-state index in [1.165, 1.54) is 7.05 Å². The fourth-order valence-electron chi connectivity index (χ4n) is 2.57. The Bertz CT molecular complexity index is 678. The van der Waals surface area contributed by atoms with Crippen LogP contribution in [0, 0.1) is 11.8 Å². The van der Waals surface area contributed by atoms with Crippen LogP contribution in [0.4, 0.5) is 4.39 Å². The molecule has 0 aromatic carbocycles. The summed E-state index contributed by atoms with van der Waals surface area (Å²) in [5.41, 5.74) is 5.56. The van der Waals surface area contributed by atoms with Crippen LogP contribution in [0.3, 0.4) is 0 Å². The summed E-state index contributed by atoms with van der Waals surface area (Å²) >= 11 is 0. The summed E-state index contributed by atoms with van der Waals surface area (Å²) in [6.07, 6.45) is 6.87. The molecule has 0 amide bonds. The van der Waals surface area contributed by atoms with Crippen LogP contribution < -0.4 is 16.4 Å². The smallest absolute Gasteiger partial charge is 0.141 e. The van der Waals surface area contributed by atoms with E-state index in [1.807, 2.05) is 32.3 Å². The van der Waals surface area contributed by atoms with Gasteiger partial charge in [-0.15, -0.1) is 0 Å². The summed E-state index contributed by atoms with van der Waals surface area (Å²) in [4.78, 5) is 10.7. The number of aromatic nitrogens is 1. The molecule has 6 nitrogen and oxygen atoms in total. The first-order chi connectivity index (χ1) is 14.7. The zero-order valence-electron chi connectivity index (χ0n) is 19.2. The lowest BCUT2D eigenvalue weighted by Gasteiger charge is -2.22. The molecule has 1 aromatic heterocycles. The van der Waals surface area contributed by atoms with E-state index in [4.69, 9.17) is 0 Å². The lowest BCUT2D eigenvalue weighted by atomic mass is 10.1. The van der Waals surface area contributed by atoms with E-state index in [9.17, 15) is 4.39 Å². The Kier molecular flexibility index (Phi) is 17.1. The molecule has 0 spiro atoms. The average molecular weight is 419 g/mol. The molecule has 2 rings (SSSR count). The molecule has 168 valence electrons. The van der Waals surface area contributed by atoms with Crippen LogP contribution in [-0.2, 0) is 6.67 Å². The Morgan fingerprint density at radius 3 is 2.70 bits per heavy atom. The molecule has 1 atom stereocenters. The van der Waals surface area contributed by atoms with Crippen molar-refractivity contribution in [3.63, 3.8) is 0 Å². The summed E-state index contributed by atoms with van der Waals surface area (Å²) < 4.78 is 12.7. The highest BCUT2D eigenvalue weighted by Gasteiger charge is 2.10. The summed E-state index contributed by atoms with van der Waals surface area (Å²) in [5.74, 6) is 7.30. The maximum absolute atomic E-state index is 12.7. The van der Waals surface area contributed by atoms with Gasteiger partial charge in [0.05, 0.1) is 11.7 Å². The van der Waals surface area contributed by atoms with Gasteiger partial charge < -0.3 is 16.4 Å². The molecule has 0 saturated carbocycles. The minimum atomic E-state index is -0.559. The maximum Gasteiger partial charge on any atom is 0.141 e. The first kappa shape index (κ1) is 27.6. The van der Waals surface area contributed by atoms with E-state index < -0.39 is 6.67 Å². The maximum atomic E-state index is 12.7. The molecule has 1 aromatic rings. The summed E-state index contributed by atoms with van der Waals surface area (Å²) in [7, 11) is 3.58. The van der Waals surface area contributed by atoms with E-state index in [0.29, 0.717) is 11.4 Å². The molecule has 1 aliphatic heterocycles. The van der Waals surface area contributed by atoms with Crippen molar-refractivity contribution in [3.8, 4) is 11.8 Å². The predicted molar refractivity (Wildman–Crippen MR) is 126 cm³/mol. The molecule has 4 N–H and O–H groups in total. The lowest BCUT2D eigenvalue weighted by molar-refractivity contribution is 0.287. The van der Waals surface area contributed by atoms with Crippen LogP contribution in [0.1, 0.15) is 51.4 Å². The molecule has 0 radical (unpaired) electrons. The quantitative estimate of drug-likeness (QED) is 0.424. The van der Waals surface area contributed by atoms with Gasteiger partial charge in [0.15, 0.2) is 0 Å². The van der Waals surface area contributed by atoms with E-state index in [-0.39, 0.29) is 6.04 Å². The Hall–Kier alpha value is -2.43. The molecule has 0 aliphatic carbocycles. The van der Waals surface area contributed by atoms with Gasteiger partial charge >= 0.3 is 0 Å². The minimum absolute atomic E-state index is 0.171. The van der Waals surface area contributed by atoms with E-state index in [2.05, 4.69) is 57.1 Å². The number of nitrogens with one attached hydrogen (secondary N) is 2. The van der Waals surface area contributed by atoms with Gasteiger partial charge in [-0.1, -0.05) is 32.8 Å². The van der Waals surface area contributed by atoms with Crippen molar-refractivity contribution < 1.29 is 4.39 Å². The van der Waals surface area contributed by atoms with Gasteiger partial charge in [0.1, 0.15) is 18.2 Å². The molecule has 30 heavy (non-hydrogen) atoms. The summed E-state index contributed by atoms with van der Waals surface area (Å²) in [6.45, 7) is 8.18. The first-order valence-corrected chi connectivity index (χ1v) is 10.7. The van der Waals surface area contributed by atoms with Crippen LogP contribution in [0.2, 0.25) is 0 Å². The van der Waals surface area contributed by atoms with Crippen molar-refractivity contribution in [2.24, 2.45) is 10.7 Å². The van der Waals surface area contributed by atoms with Gasteiger partial charge in [0, 0.05) is 25.5 Å². The van der Waals surface area contributed by atoms with Crippen molar-refractivity contribution >= 4 is 6.21 Å². The third kappa shape index (κ3) is 11.5. The number of nitrogens with two attached hydrogens (primary N) is 1. The molecular weight excluding hydrogens is 379 g/mol. The van der Waals surface area contributed by atoms with Crippen LogP contribution >= 0.6 is 0 Å². The molecule has 2 heterocycles. The highest BCUT2D eigenvalue weighted by atomic mass is 19.1. The number of nitrogens with zero attached hydrogens (tertiary/aromatic N) is 3. The Morgan fingerprint density at radius 1 is 1.30 bits per heavy atom. The predicted octanol–water partition coefficient (Wildman–Crippen LogP) is 3.06. The monoisotopic (exact) mass is 418 g/mol.